The highest BCUT2D eigenvalue weighted by Gasteiger charge is 2.37. The van der Waals surface area contributed by atoms with Crippen LogP contribution in [0.25, 0.3) is 0 Å². The van der Waals surface area contributed by atoms with Gasteiger partial charge in [0, 0.05) is 13.0 Å². The lowest BCUT2D eigenvalue weighted by molar-refractivity contribution is -0.143. The molecule has 26 heavy (non-hydrogen) atoms. The van der Waals surface area contributed by atoms with Crippen LogP contribution < -0.4 is 20.7 Å². The average Bonchev–Trinajstić information content (AvgIpc) is 2.95. The molecule has 0 bridgehead atoms. The van der Waals surface area contributed by atoms with Crippen LogP contribution in [0.2, 0.25) is 0 Å². The maximum absolute atomic E-state index is 12.4. The summed E-state index contributed by atoms with van der Waals surface area (Å²) in [4.78, 5) is 48.2. The van der Waals surface area contributed by atoms with Gasteiger partial charge in [0.25, 0.3) is 0 Å². The number of nitrogens with one attached hydrogen (secondary N) is 1. The number of amides is 3. The molecule has 9 heteroatoms. The Balaban J connectivity index is 2.14. The molecule has 1 fully saturated rings. The molecular formula is C17H21N3O6. The Morgan fingerprint density at radius 2 is 2.12 bits per heavy atom. The molecule has 1 heterocycles. The summed E-state index contributed by atoms with van der Waals surface area (Å²) in [5.41, 5.74) is 6.48. The number of nitrogens with zero attached hydrogens (tertiary/aromatic N) is 1. The van der Waals surface area contributed by atoms with Gasteiger partial charge < -0.3 is 25.8 Å². The Kier molecular flexibility index (Phi) is 5.81. The van der Waals surface area contributed by atoms with Gasteiger partial charge in [0.05, 0.1) is 25.1 Å². The molecule has 1 saturated heterocycles. The van der Waals surface area contributed by atoms with E-state index in [9.17, 15) is 19.2 Å². The van der Waals surface area contributed by atoms with Crippen LogP contribution in [0.5, 0.6) is 5.75 Å². The Morgan fingerprint density at radius 1 is 1.42 bits per heavy atom. The van der Waals surface area contributed by atoms with Crippen LogP contribution in [0.1, 0.15) is 18.4 Å². The van der Waals surface area contributed by atoms with Crippen molar-refractivity contribution in [2.75, 3.05) is 18.6 Å². The number of carbonyl (C=O) groups excluding carboxylic acids is 3. The van der Waals surface area contributed by atoms with Crippen molar-refractivity contribution in [1.29, 1.82) is 0 Å². The zero-order valence-electron chi connectivity index (χ0n) is 14.5. The minimum atomic E-state index is -1.42. The molecule has 0 aliphatic carbocycles. The van der Waals surface area contributed by atoms with E-state index in [-0.39, 0.29) is 18.9 Å². The first kappa shape index (κ1) is 19.2. The molecule has 4 N–H and O–H groups in total. The number of hydrogen-bond donors (Lipinski definition) is 3. The van der Waals surface area contributed by atoms with Crippen LogP contribution in [0.15, 0.2) is 18.2 Å². The molecule has 2 rings (SSSR count). The van der Waals surface area contributed by atoms with Gasteiger partial charge in [-0.3, -0.25) is 14.4 Å². The molecule has 0 aromatic heterocycles. The molecule has 3 amide bonds. The number of ether oxygens (including phenoxy) is 1. The summed E-state index contributed by atoms with van der Waals surface area (Å²) in [7, 11) is 1.49. The second-order valence-corrected chi connectivity index (χ2v) is 6.15. The minimum Gasteiger partial charge on any atom is -0.495 e. The number of rotatable bonds is 7. The predicted molar refractivity (Wildman–Crippen MR) is 91.6 cm³/mol. The third kappa shape index (κ3) is 4.29. The van der Waals surface area contributed by atoms with Gasteiger partial charge in [-0.15, -0.1) is 0 Å². The van der Waals surface area contributed by atoms with E-state index in [1.165, 1.54) is 12.0 Å². The number of nitrogens with two attached hydrogens (primary N) is 1. The van der Waals surface area contributed by atoms with Gasteiger partial charge in [0.2, 0.25) is 17.7 Å². The predicted octanol–water partition coefficient (Wildman–Crippen LogP) is -0.199. The molecular weight excluding hydrogens is 342 g/mol. The highest BCUT2D eigenvalue weighted by Crippen LogP contribution is 2.33. The smallest absolute Gasteiger partial charge is 0.326 e. The lowest BCUT2D eigenvalue weighted by Gasteiger charge is -2.20. The average molecular weight is 363 g/mol. The van der Waals surface area contributed by atoms with E-state index in [4.69, 9.17) is 15.6 Å². The lowest BCUT2D eigenvalue weighted by Crippen LogP contribution is -2.46. The number of aliphatic carboxylic acids is 1. The molecule has 2 atom stereocenters. The maximum Gasteiger partial charge on any atom is 0.326 e. The first-order valence-corrected chi connectivity index (χ1v) is 7.99. The number of methoxy groups -OCH3 is 1. The molecule has 1 aliphatic rings. The van der Waals surface area contributed by atoms with Crippen LogP contribution in [0.3, 0.4) is 0 Å². The van der Waals surface area contributed by atoms with Crippen molar-refractivity contribution >= 4 is 29.4 Å². The van der Waals surface area contributed by atoms with E-state index in [0.717, 1.165) is 5.56 Å². The number of carboxylic acid groups (broad SMARTS) is 1. The summed E-state index contributed by atoms with van der Waals surface area (Å²) in [6, 6.07) is 3.94. The summed E-state index contributed by atoms with van der Waals surface area (Å²) in [5.74, 6) is -3.31. The third-order valence-electron chi connectivity index (χ3n) is 4.14. The molecule has 140 valence electrons. The van der Waals surface area contributed by atoms with Gasteiger partial charge in [-0.1, -0.05) is 6.07 Å². The van der Waals surface area contributed by atoms with Crippen molar-refractivity contribution in [1.82, 2.24) is 5.32 Å². The van der Waals surface area contributed by atoms with E-state index < -0.39 is 36.2 Å². The monoisotopic (exact) mass is 363 g/mol. The highest BCUT2D eigenvalue weighted by molar-refractivity contribution is 6.02. The number of benzene rings is 1. The van der Waals surface area contributed by atoms with Crippen LogP contribution in [0, 0.1) is 12.8 Å². The fraction of sp³-hybridized carbons (Fsp3) is 0.412. The minimum absolute atomic E-state index is 0.0637. The zero-order valence-corrected chi connectivity index (χ0v) is 14.5. The van der Waals surface area contributed by atoms with Crippen molar-refractivity contribution in [2.45, 2.75) is 25.8 Å². The molecule has 0 spiro atoms. The van der Waals surface area contributed by atoms with Crippen molar-refractivity contribution < 1.29 is 29.0 Å². The molecule has 9 nitrogen and oxygen atoms in total. The van der Waals surface area contributed by atoms with Gasteiger partial charge in [0.1, 0.15) is 11.8 Å². The topological polar surface area (TPSA) is 139 Å². The Labute approximate surface area is 150 Å². The second-order valence-electron chi connectivity index (χ2n) is 6.15. The van der Waals surface area contributed by atoms with E-state index in [0.29, 0.717) is 11.4 Å². The van der Waals surface area contributed by atoms with E-state index in [2.05, 4.69) is 5.32 Å². The van der Waals surface area contributed by atoms with Gasteiger partial charge in [-0.25, -0.2) is 4.79 Å². The van der Waals surface area contributed by atoms with Gasteiger partial charge >= 0.3 is 5.97 Å². The van der Waals surface area contributed by atoms with Crippen molar-refractivity contribution in [3.05, 3.63) is 23.8 Å². The van der Waals surface area contributed by atoms with Crippen LogP contribution in [0.4, 0.5) is 5.69 Å². The van der Waals surface area contributed by atoms with Gasteiger partial charge in [-0.2, -0.15) is 0 Å². The Hall–Kier alpha value is -3.10. The fourth-order valence-electron chi connectivity index (χ4n) is 2.82. The van der Waals surface area contributed by atoms with E-state index >= 15 is 0 Å². The maximum atomic E-state index is 12.4. The number of hydrogen-bond acceptors (Lipinski definition) is 5. The largest absolute Gasteiger partial charge is 0.495 e. The van der Waals surface area contributed by atoms with E-state index in [1.807, 2.05) is 13.0 Å². The van der Waals surface area contributed by atoms with Crippen LogP contribution in [-0.4, -0.2) is 48.5 Å². The number of anilines is 1. The number of carboxylic acids is 1. The molecule has 1 aromatic rings. The van der Waals surface area contributed by atoms with Gasteiger partial charge in [-0.05, 0) is 24.6 Å². The molecule has 0 radical (unpaired) electrons. The first-order chi connectivity index (χ1) is 12.2. The third-order valence-corrected chi connectivity index (χ3v) is 4.14. The van der Waals surface area contributed by atoms with Crippen LogP contribution in [-0.2, 0) is 19.2 Å². The number of carbonyl (C=O) groups is 4. The zero-order chi connectivity index (χ0) is 19.4. The lowest BCUT2D eigenvalue weighted by atomic mass is 10.1. The molecule has 2 unspecified atom stereocenters. The van der Waals surface area contributed by atoms with Crippen molar-refractivity contribution in [2.24, 2.45) is 11.7 Å². The normalized spacial score (nSPS) is 17.7. The summed E-state index contributed by atoms with van der Waals surface area (Å²) in [5, 5.41) is 11.4. The molecule has 0 saturated carbocycles. The SMILES string of the molecule is COc1ccc(C)cc1N1CC(C(=O)NC(CC(N)=O)C(=O)O)CC1=O. The first-order valence-electron chi connectivity index (χ1n) is 7.99. The summed E-state index contributed by atoms with van der Waals surface area (Å²) in [6.07, 6.45) is -0.580. The van der Waals surface area contributed by atoms with Gasteiger partial charge in [0.15, 0.2) is 0 Å². The fourth-order valence-corrected chi connectivity index (χ4v) is 2.82. The number of primary amides is 1. The van der Waals surface area contributed by atoms with Crippen LogP contribution >= 0.6 is 0 Å². The Morgan fingerprint density at radius 3 is 2.69 bits per heavy atom. The van der Waals surface area contributed by atoms with Crippen molar-refractivity contribution in [3.8, 4) is 5.75 Å². The highest BCUT2D eigenvalue weighted by atomic mass is 16.5. The summed E-state index contributed by atoms with van der Waals surface area (Å²) >= 11 is 0. The molecule has 1 aromatic carbocycles. The quantitative estimate of drug-likeness (QED) is 0.613. The van der Waals surface area contributed by atoms with E-state index in [1.54, 1.807) is 12.1 Å². The number of aryl methyl sites for hydroxylation is 1. The Bertz CT molecular complexity index is 748. The second kappa shape index (κ2) is 7.85. The molecule has 1 aliphatic heterocycles. The standard InChI is InChI=1S/C17H21N3O6/c1-9-3-4-13(26-2)12(5-9)20-8-10(6-15(20)22)16(23)19-11(17(24)25)7-14(18)21/h3-5,10-11H,6-8H2,1-2H3,(H2,18,21)(H,19,23)(H,24,25). The summed E-state index contributed by atoms with van der Waals surface area (Å²) < 4.78 is 5.27. The van der Waals surface area contributed by atoms with Crippen molar-refractivity contribution in [3.63, 3.8) is 0 Å². The summed E-state index contributed by atoms with van der Waals surface area (Å²) in [6.45, 7) is 1.96.